The molecule has 2 aliphatic rings. The standard InChI is InChI=1S/C20H29FN2O5S/c1-27-19-6-10-22(11-7-19)29(25,26)23-12-8-20(9-13-23)28-15-18(24)14-16-2-4-17(21)5-3-16/h2-5,19-20H,6-15H2,1H3. The summed E-state index contributed by atoms with van der Waals surface area (Å²) in [6.07, 6.45) is 2.77. The summed E-state index contributed by atoms with van der Waals surface area (Å²) in [6.45, 7) is 1.73. The molecule has 0 aliphatic carbocycles. The highest BCUT2D eigenvalue weighted by Gasteiger charge is 2.35. The predicted octanol–water partition coefficient (Wildman–Crippen LogP) is 1.77. The maximum atomic E-state index is 12.9. The molecule has 0 spiro atoms. The van der Waals surface area contributed by atoms with Crippen molar-refractivity contribution in [2.24, 2.45) is 0 Å². The van der Waals surface area contributed by atoms with E-state index in [2.05, 4.69) is 0 Å². The Hall–Kier alpha value is -1.39. The molecule has 1 aromatic rings. The summed E-state index contributed by atoms with van der Waals surface area (Å²) < 4.78 is 52.6. The van der Waals surface area contributed by atoms with Crippen LogP contribution in [0.3, 0.4) is 0 Å². The first kappa shape index (κ1) is 22.3. The van der Waals surface area contributed by atoms with Crippen LogP contribution in [0.1, 0.15) is 31.2 Å². The summed E-state index contributed by atoms with van der Waals surface area (Å²) in [7, 11) is -1.80. The van der Waals surface area contributed by atoms with E-state index in [9.17, 15) is 17.6 Å². The van der Waals surface area contributed by atoms with Crippen molar-refractivity contribution in [3.05, 3.63) is 35.6 Å². The fraction of sp³-hybridized carbons (Fsp3) is 0.650. The molecule has 2 heterocycles. The van der Waals surface area contributed by atoms with Gasteiger partial charge in [-0.3, -0.25) is 4.79 Å². The monoisotopic (exact) mass is 428 g/mol. The quantitative estimate of drug-likeness (QED) is 0.631. The molecule has 29 heavy (non-hydrogen) atoms. The zero-order valence-corrected chi connectivity index (χ0v) is 17.6. The van der Waals surface area contributed by atoms with Gasteiger partial charge in [0.1, 0.15) is 12.4 Å². The lowest BCUT2D eigenvalue weighted by molar-refractivity contribution is -0.125. The molecule has 0 N–H and O–H groups in total. The summed E-state index contributed by atoms with van der Waals surface area (Å²) in [5.41, 5.74) is 0.748. The smallest absolute Gasteiger partial charge is 0.281 e. The number of rotatable bonds is 8. The molecule has 2 fully saturated rings. The molecule has 9 heteroatoms. The van der Waals surface area contributed by atoms with E-state index >= 15 is 0 Å². The molecule has 2 saturated heterocycles. The van der Waals surface area contributed by atoms with Gasteiger partial charge in [0, 0.05) is 39.7 Å². The summed E-state index contributed by atoms with van der Waals surface area (Å²) >= 11 is 0. The Balaban J connectivity index is 1.40. The molecular formula is C20H29FN2O5S. The number of piperidine rings is 2. The van der Waals surface area contributed by atoms with Gasteiger partial charge in [-0.15, -0.1) is 0 Å². The fourth-order valence-corrected chi connectivity index (χ4v) is 5.45. The topological polar surface area (TPSA) is 76.2 Å². The van der Waals surface area contributed by atoms with Crippen LogP contribution < -0.4 is 0 Å². The van der Waals surface area contributed by atoms with Crippen LogP contribution in [-0.2, 0) is 30.9 Å². The van der Waals surface area contributed by atoms with Crippen LogP contribution in [0.2, 0.25) is 0 Å². The lowest BCUT2D eigenvalue weighted by atomic mass is 10.1. The maximum Gasteiger partial charge on any atom is 0.281 e. The number of ether oxygens (including phenoxy) is 2. The molecule has 0 amide bonds. The number of ketones is 1. The van der Waals surface area contributed by atoms with Crippen molar-refractivity contribution in [1.82, 2.24) is 8.61 Å². The lowest BCUT2D eigenvalue weighted by Gasteiger charge is -2.37. The van der Waals surface area contributed by atoms with E-state index in [-0.39, 0.29) is 36.8 Å². The van der Waals surface area contributed by atoms with Crippen LogP contribution in [0.25, 0.3) is 0 Å². The average Bonchev–Trinajstić information content (AvgIpc) is 2.74. The third kappa shape index (κ3) is 6.05. The summed E-state index contributed by atoms with van der Waals surface area (Å²) in [5, 5.41) is 0. The Morgan fingerprint density at radius 2 is 1.52 bits per heavy atom. The molecule has 0 bridgehead atoms. The second-order valence-corrected chi connectivity index (χ2v) is 9.52. The number of carbonyl (C=O) groups is 1. The molecule has 7 nitrogen and oxygen atoms in total. The summed E-state index contributed by atoms with van der Waals surface area (Å²) in [6, 6.07) is 5.84. The van der Waals surface area contributed by atoms with Crippen LogP contribution in [-0.4, -0.2) is 74.9 Å². The largest absolute Gasteiger partial charge is 0.381 e. The minimum Gasteiger partial charge on any atom is -0.381 e. The predicted molar refractivity (Wildman–Crippen MR) is 106 cm³/mol. The Kier molecular flexibility index (Phi) is 7.75. The molecular weight excluding hydrogens is 399 g/mol. The fourth-order valence-electron chi connectivity index (χ4n) is 3.78. The Bertz CT molecular complexity index is 771. The van der Waals surface area contributed by atoms with Crippen molar-refractivity contribution in [2.45, 2.75) is 44.3 Å². The molecule has 162 valence electrons. The van der Waals surface area contributed by atoms with Gasteiger partial charge in [-0.2, -0.15) is 17.0 Å². The van der Waals surface area contributed by atoms with Gasteiger partial charge in [-0.25, -0.2) is 4.39 Å². The van der Waals surface area contributed by atoms with Crippen LogP contribution >= 0.6 is 0 Å². The SMILES string of the molecule is COC1CCN(S(=O)(=O)N2CCC(OCC(=O)Cc3ccc(F)cc3)CC2)CC1. The van der Waals surface area contributed by atoms with E-state index in [1.54, 1.807) is 19.2 Å². The molecule has 0 aromatic heterocycles. The molecule has 0 unspecified atom stereocenters. The second kappa shape index (κ2) is 10.1. The van der Waals surface area contributed by atoms with Gasteiger partial charge in [0.2, 0.25) is 0 Å². The van der Waals surface area contributed by atoms with Gasteiger partial charge in [0.25, 0.3) is 10.2 Å². The summed E-state index contributed by atoms with van der Waals surface area (Å²) in [5.74, 6) is -0.407. The van der Waals surface area contributed by atoms with Gasteiger partial charge in [0.15, 0.2) is 5.78 Å². The first-order chi connectivity index (χ1) is 13.9. The normalized spacial score (nSPS) is 20.8. The van der Waals surface area contributed by atoms with Crippen molar-refractivity contribution in [3.63, 3.8) is 0 Å². The van der Waals surface area contributed by atoms with Crippen molar-refractivity contribution in [3.8, 4) is 0 Å². The van der Waals surface area contributed by atoms with E-state index in [1.165, 1.54) is 20.7 Å². The number of benzene rings is 1. The number of hydrogen-bond donors (Lipinski definition) is 0. The molecule has 0 atom stereocenters. The average molecular weight is 429 g/mol. The molecule has 1 aromatic carbocycles. The molecule has 0 saturated carbocycles. The minimum absolute atomic E-state index is 0.0146. The number of halogens is 1. The minimum atomic E-state index is -3.46. The highest BCUT2D eigenvalue weighted by molar-refractivity contribution is 7.86. The van der Waals surface area contributed by atoms with Gasteiger partial charge in [-0.05, 0) is 43.4 Å². The van der Waals surface area contributed by atoms with Crippen LogP contribution in [0.5, 0.6) is 0 Å². The number of nitrogens with zero attached hydrogens (tertiary/aromatic N) is 2. The second-order valence-electron chi connectivity index (χ2n) is 7.59. The maximum absolute atomic E-state index is 12.9. The van der Waals surface area contributed by atoms with E-state index in [0.29, 0.717) is 51.9 Å². The molecule has 3 rings (SSSR count). The Morgan fingerprint density at radius 3 is 2.03 bits per heavy atom. The van der Waals surface area contributed by atoms with Crippen molar-refractivity contribution >= 4 is 16.0 Å². The lowest BCUT2D eigenvalue weighted by Crippen LogP contribution is -2.51. The molecule has 0 radical (unpaired) electrons. The number of Topliss-reactive ketones (excluding diaryl/α,β-unsaturated/α-hetero) is 1. The third-order valence-corrected chi connectivity index (χ3v) is 7.62. The van der Waals surface area contributed by atoms with E-state index in [0.717, 1.165) is 5.56 Å². The number of methoxy groups -OCH3 is 1. The Labute approximate surface area is 171 Å². The third-order valence-electron chi connectivity index (χ3n) is 5.58. The van der Waals surface area contributed by atoms with Gasteiger partial charge in [0.05, 0.1) is 12.2 Å². The highest BCUT2D eigenvalue weighted by Crippen LogP contribution is 2.23. The number of hydrogen-bond acceptors (Lipinski definition) is 5. The number of carbonyl (C=O) groups excluding carboxylic acids is 1. The van der Waals surface area contributed by atoms with Crippen molar-refractivity contribution < 1.29 is 27.1 Å². The van der Waals surface area contributed by atoms with Gasteiger partial charge in [-0.1, -0.05) is 12.1 Å². The first-order valence-corrected chi connectivity index (χ1v) is 11.4. The molecule has 2 aliphatic heterocycles. The van der Waals surface area contributed by atoms with E-state index in [1.807, 2.05) is 0 Å². The van der Waals surface area contributed by atoms with Crippen LogP contribution in [0.15, 0.2) is 24.3 Å². The summed E-state index contributed by atoms with van der Waals surface area (Å²) in [4.78, 5) is 12.1. The first-order valence-electron chi connectivity index (χ1n) is 10.0. The van der Waals surface area contributed by atoms with E-state index in [4.69, 9.17) is 9.47 Å². The van der Waals surface area contributed by atoms with Crippen molar-refractivity contribution in [1.29, 1.82) is 0 Å². The highest BCUT2D eigenvalue weighted by atomic mass is 32.2. The van der Waals surface area contributed by atoms with Crippen molar-refractivity contribution in [2.75, 3.05) is 39.9 Å². The zero-order chi connectivity index (χ0) is 20.9. The van der Waals surface area contributed by atoms with Gasteiger partial charge >= 0.3 is 0 Å². The Morgan fingerprint density at radius 1 is 1.00 bits per heavy atom. The van der Waals surface area contributed by atoms with E-state index < -0.39 is 10.2 Å². The van der Waals surface area contributed by atoms with Crippen LogP contribution in [0, 0.1) is 5.82 Å². The zero-order valence-electron chi connectivity index (χ0n) is 16.8. The van der Waals surface area contributed by atoms with Gasteiger partial charge < -0.3 is 9.47 Å². The van der Waals surface area contributed by atoms with Crippen LogP contribution in [0.4, 0.5) is 4.39 Å².